The van der Waals surface area contributed by atoms with Gasteiger partial charge in [-0.1, -0.05) is 111 Å². The van der Waals surface area contributed by atoms with Gasteiger partial charge in [0.2, 0.25) is 0 Å². The minimum atomic E-state index is 0.0944. The van der Waals surface area contributed by atoms with Crippen LogP contribution in [0, 0.1) is 0 Å². The molecule has 0 aromatic heterocycles. The number of halogens is 1. The van der Waals surface area contributed by atoms with Gasteiger partial charge in [-0.15, -0.1) is 11.6 Å². The van der Waals surface area contributed by atoms with Gasteiger partial charge >= 0.3 is 0 Å². The van der Waals surface area contributed by atoms with Crippen molar-refractivity contribution in [2.75, 3.05) is 0 Å². The largest absolute Gasteiger partial charge is 0.119 e. The SMILES string of the molecule is CCCCCCCCCCCCCCCCC(Cl)(CC)CC. The molecule has 0 unspecified atom stereocenters. The van der Waals surface area contributed by atoms with Crippen molar-refractivity contribution in [3.63, 3.8) is 0 Å². The second kappa shape index (κ2) is 16.2. The van der Waals surface area contributed by atoms with E-state index < -0.39 is 0 Å². The van der Waals surface area contributed by atoms with Crippen molar-refractivity contribution < 1.29 is 0 Å². The molecule has 0 N–H and O–H groups in total. The van der Waals surface area contributed by atoms with Crippen LogP contribution in [0.3, 0.4) is 0 Å². The molecule has 0 aromatic rings. The zero-order chi connectivity index (χ0) is 16.5. The Labute approximate surface area is 146 Å². The molecule has 134 valence electrons. The molecule has 0 bridgehead atoms. The van der Waals surface area contributed by atoms with Crippen LogP contribution in [0.2, 0.25) is 0 Å². The summed E-state index contributed by atoms with van der Waals surface area (Å²) in [7, 11) is 0. The van der Waals surface area contributed by atoms with Crippen molar-refractivity contribution in [2.24, 2.45) is 0 Å². The Morgan fingerprint density at radius 3 is 1.14 bits per heavy atom. The lowest BCUT2D eigenvalue weighted by atomic mass is 9.94. The molecule has 0 aliphatic heterocycles. The molecule has 1 heteroatoms. The summed E-state index contributed by atoms with van der Waals surface area (Å²) >= 11 is 6.56. The predicted molar refractivity (Wildman–Crippen MR) is 104 cm³/mol. The molecule has 0 aromatic carbocycles. The molecule has 0 atom stereocenters. The summed E-state index contributed by atoms with van der Waals surface area (Å²) in [6.07, 6.45) is 23.5. The minimum absolute atomic E-state index is 0.0944. The maximum Gasteiger partial charge on any atom is 0.0441 e. The van der Waals surface area contributed by atoms with E-state index in [1.54, 1.807) is 0 Å². The van der Waals surface area contributed by atoms with Crippen LogP contribution in [0.25, 0.3) is 0 Å². The van der Waals surface area contributed by atoms with E-state index >= 15 is 0 Å². The maximum atomic E-state index is 6.56. The van der Waals surface area contributed by atoms with Gasteiger partial charge in [0.25, 0.3) is 0 Å². The van der Waals surface area contributed by atoms with Gasteiger partial charge in [-0.25, -0.2) is 0 Å². The summed E-state index contributed by atoms with van der Waals surface area (Å²) in [4.78, 5) is 0.0944. The van der Waals surface area contributed by atoms with E-state index in [1.807, 2.05) is 0 Å². The predicted octanol–water partition coefficient (Wildman–Crippen LogP) is 8.66. The second-order valence-corrected chi connectivity index (χ2v) is 8.01. The summed E-state index contributed by atoms with van der Waals surface area (Å²) in [6, 6.07) is 0. The molecule has 0 fully saturated rings. The van der Waals surface area contributed by atoms with E-state index in [0.29, 0.717) is 0 Å². The Kier molecular flexibility index (Phi) is 16.4. The fourth-order valence-electron chi connectivity index (χ4n) is 3.24. The van der Waals surface area contributed by atoms with Crippen molar-refractivity contribution in [3.8, 4) is 0 Å². The van der Waals surface area contributed by atoms with Crippen LogP contribution in [0.5, 0.6) is 0 Å². The highest BCUT2D eigenvalue weighted by molar-refractivity contribution is 6.23. The lowest BCUT2D eigenvalue weighted by Gasteiger charge is -2.23. The van der Waals surface area contributed by atoms with Gasteiger partial charge in [-0.05, 0) is 19.3 Å². The first-order valence-corrected chi connectivity index (χ1v) is 10.7. The molecule has 0 nitrogen and oxygen atoms in total. The number of hydrogen-bond acceptors (Lipinski definition) is 0. The molecule has 0 aliphatic carbocycles. The van der Waals surface area contributed by atoms with Gasteiger partial charge < -0.3 is 0 Å². The molecular weight excluding hydrogens is 288 g/mol. The van der Waals surface area contributed by atoms with Gasteiger partial charge in [0.05, 0.1) is 0 Å². The molecule has 0 aliphatic rings. The third-order valence-corrected chi connectivity index (χ3v) is 5.97. The molecule has 0 saturated carbocycles. The standard InChI is InChI=1S/C21H43Cl/c1-4-7-8-9-10-11-12-13-14-15-16-17-18-19-20-21(22,5-2)6-3/h4-20H2,1-3H3. The average molecular weight is 331 g/mol. The Balaban J connectivity index is 3.14. The quantitative estimate of drug-likeness (QED) is 0.185. The van der Waals surface area contributed by atoms with E-state index in [0.717, 1.165) is 12.8 Å². The smallest absolute Gasteiger partial charge is 0.0441 e. The van der Waals surface area contributed by atoms with Crippen molar-refractivity contribution in [1.82, 2.24) is 0 Å². The Bertz CT molecular complexity index is 208. The topological polar surface area (TPSA) is 0 Å². The maximum absolute atomic E-state index is 6.56. The van der Waals surface area contributed by atoms with E-state index in [2.05, 4.69) is 20.8 Å². The zero-order valence-corrected chi connectivity index (χ0v) is 16.7. The van der Waals surface area contributed by atoms with E-state index in [9.17, 15) is 0 Å². The molecule has 22 heavy (non-hydrogen) atoms. The molecule has 0 spiro atoms. The highest BCUT2D eigenvalue weighted by Crippen LogP contribution is 2.30. The van der Waals surface area contributed by atoms with Gasteiger partial charge in [0.1, 0.15) is 0 Å². The Morgan fingerprint density at radius 2 is 0.818 bits per heavy atom. The minimum Gasteiger partial charge on any atom is -0.119 e. The number of hydrogen-bond donors (Lipinski definition) is 0. The zero-order valence-electron chi connectivity index (χ0n) is 15.9. The fourth-order valence-corrected chi connectivity index (χ4v) is 3.37. The molecule has 0 saturated heterocycles. The van der Waals surface area contributed by atoms with Gasteiger partial charge in [0, 0.05) is 4.87 Å². The Hall–Kier alpha value is 0.290. The first kappa shape index (κ1) is 22.3. The first-order valence-electron chi connectivity index (χ1n) is 10.4. The van der Waals surface area contributed by atoms with Crippen molar-refractivity contribution >= 4 is 11.6 Å². The van der Waals surface area contributed by atoms with Crippen molar-refractivity contribution in [1.29, 1.82) is 0 Å². The van der Waals surface area contributed by atoms with Crippen LogP contribution in [-0.4, -0.2) is 4.87 Å². The second-order valence-electron chi connectivity index (χ2n) is 7.20. The third kappa shape index (κ3) is 13.9. The normalized spacial score (nSPS) is 12.0. The van der Waals surface area contributed by atoms with Crippen LogP contribution < -0.4 is 0 Å². The van der Waals surface area contributed by atoms with Gasteiger partial charge in [-0.3, -0.25) is 0 Å². The third-order valence-electron chi connectivity index (χ3n) is 5.25. The number of alkyl halides is 1. The van der Waals surface area contributed by atoms with Crippen molar-refractivity contribution in [3.05, 3.63) is 0 Å². The van der Waals surface area contributed by atoms with E-state index in [1.165, 1.54) is 96.3 Å². The summed E-state index contributed by atoms with van der Waals surface area (Å²) in [6.45, 7) is 6.74. The van der Waals surface area contributed by atoms with Gasteiger partial charge in [-0.2, -0.15) is 0 Å². The van der Waals surface area contributed by atoms with Crippen LogP contribution in [0.4, 0.5) is 0 Å². The highest BCUT2D eigenvalue weighted by atomic mass is 35.5. The average Bonchev–Trinajstić information content (AvgIpc) is 2.55. The summed E-state index contributed by atoms with van der Waals surface area (Å²) in [5.74, 6) is 0. The summed E-state index contributed by atoms with van der Waals surface area (Å²) in [5.41, 5.74) is 0. The first-order chi connectivity index (χ1) is 10.7. The van der Waals surface area contributed by atoms with E-state index in [4.69, 9.17) is 11.6 Å². The number of rotatable bonds is 17. The van der Waals surface area contributed by atoms with Gasteiger partial charge in [0.15, 0.2) is 0 Å². The van der Waals surface area contributed by atoms with Crippen molar-refractivity contribution in [2.45, 2.75) is 135 Å². The lowest BCUT2D eigenvalue weighted by molar-refractivity contribution is 0.457. The molecule has 0 rings (SSSR count). The lowest BCUT2D eigenvalue weighted by Crippen LogP contribution is -2.18. The monoisotopic (exact) mass is 330 g/mol. The molecule has 0 amide bonds. The van der Waals surface area contributed by atoms with Crippen LogP contribution >= 0.6 is 11.6 Å². The fraction of sp³-hybridized carbons (Fsp3) is 1.00. The van der Waals surface area contributed by atoms with Crippen LogP contribution in [0.1, 0.15) is 130 Å². The van der Waals surface area contributed by atoms with Crippen LogP contribution in [0.15, 0.2) is 0 Å². The highest BCUT2D eigenvalue weighted by Gasteiger charge is 2.21. The molecular formula is C21H43Cl. The number of unbranched alkanes of at least 4 members (excludes halogenated alkanes) is 13. The Morgan fingerprint density at radius 1 is 0.500 bits per heavy atom. The molecule has 0 heterocycles. The summed E-state index contributed by atoms with van der Waals surface area (Å²) < 4.78 is 0. The van der Waals surface area contributed by atoms with Crippen LogP contribution in [-0.2, 0) is 0 Å². The summed E-state index contributed by atoms with van der Waals surface area (Å²) in [5, 5.41) is 0. The molecule has 0 radical (unpaired) electrons. The van der Waals surface area contributed by atoms with E-state index in [-0.39, 0.29) is 4.87 Å².